The molecule has 0 amide bonds. The highest BCUT2D eigenvalue weighted by atomic mass is 35.5. The number of aryl methyl sites for hydroxylation is 1. The van der Waals surface area contributed by atoms with E-state index in [2.05, 4.69) is 17.2 Å². The largest absolute Gasteiger partial charge is 0.361 e. The first-order valence-electron chi connectivity index (χ1n) is 7.18. The fraction of sp³-hybridized carbons (Fsp3) is 0.714. The van der Waals surface area contributed by atoms with Gasteiger partial charge in [-0.15, -0.1) is 11.6 Å². The summed E-state index contributed by atoms with van der Waals surface area (Å²) < 4.78 is 1.70. The van der Waals surface area contributed by atoms with Gasteiger partial charge in [0.25, 0.3) is 5.56 Å². The summed E-state index contributed by atoms with van der Waals surface area (Å²) in [5, 5.41) is 3.35. The Bertz CT molecular complexity index is 460. The Kier molecular flexibility index (Phi) is 5.25. The number of nitrogens with zero attached hydrogens (tertiary/aromatic N) is 2. The van der Waals surface area contributed by atoms with Crippen molar-refractivity contribution in [3.05, 3.63) is 22.7 Å². The van der Waals surface area contributed by atoms with Crippen LogP contribution in [0.4, 0.5) is 5.82 Å². The summed E-state index contributed by atoms with van der Waals surface area (Å²) in [6, 6.07) is 0.154. The van der Waals surface area contributed by atoms with Crippen LogP contribution in [0, 0.1) is 0 Å². The highest BCUT2D eigenvalue weighted by Gasteiger charge is 2.22. The van der Waals surface area contributed by atoms with Gasteiger partial charge in [0.1, 0.15) is 0 Å². The van der Waals surface area contributed by atoms with Crippen LogP contribution < -0.4 is 10.9 Å². The summed E-state index contributed by atoms with van der Waals surface area (Å²) in [7, 11) is 0. The third-order valence-corrected chi connectivity index (χ3v) is 4.15. The van der Waals surface area contributed by atoms with Crippen molar-refractivity contribution in [1.29, 1.82) is 0 Å². The van der Waals surface area contributed by atoms with E-state index < -0.39 is 0 Å². The zero-order chi connectivity index (χ0) is 13.7. The molecule has 0 aromatic carbocycles. The summed E-state index contributed by atoms with van der Waals surface area (Å²) in [5.41, 5.74) is -0.0440. The van der Waals surface area contributed by atoms with Crippen molar-refractivity contribution < 1.29 is 0 Å². The molecule has 4 nitrogen and oxygen atoms in total. The van der Waals surface area contributed by atoms with E-state index in [0.717, 1.165) is 32.2 Å². The van der Waals surface area contributed by atoms with Crippen molar-refractivity contribution in [2.45, 2.75) is 63.4 Å². The molecule has 1 heterocycles. The van der Waals surface area contributed by atoms with Crippen LogP contribution in [0.2, 0.25) is 0 Å². The molecule has 0 saturated heterocycles. The second-order valence-corrected chi connectivity index (χ2v) is 5.74. The van der Waals surface area contributed by atoms with Gasteiger partial charge in [0.2, 0.25) is 0 Å². The van der Waals surface area contributed by atoms with Crippen LogP contribution >= 0.6 is 11.6 Å². The maximum absolute atomic E-state index is 12.2. The fourth-order valence-corrected chi connectivity index (χ4v) is 2.91. The van der Waals surface area contributed by atoms with Gasteiger partial charge in [0.05, 0.1) is 5.38 Å². The minimum absolute atomic E-state index is 0.0440. The average molecular weight is 284 g/mol. The van der Waals surface area contributed by atoms with Gasteiger partial charge in [0.15, 0.2) is 5.82 Å². The quantitative estimate of drug-likeness (QED) is 0.682. The first-order chi connectivity index (χ1) is 9.22. The standard InChI is InChI=1S/C14H22ClN3O/c1-2-9-18-10-8-16-13(14(18)19)17-12-7-5-3-4-6-11(12)15/h8,10-12H,2-7,9H2,1H3,(H,16,17). The van der Waals surface area contributed by atoms with E-state index in [-0.39, 0.29) is 17.0 Å². The minimum atomic E-state index is -0.0440. The van der Waals surface area contributed by atoms with Crippen molar-refractivity contribution in [3.8, 4) is 0 Å². The fourth-order valence-electron chi connectivity index (χ4n) is 2.56. The summed E-state index contributed by atoms with van der Waals surface area (Å²) in [4.78, 5) is 16.4. The van der Waals surface area contributed by atoms with Crippen LogP contribution in [0.15, 0.2) is 17.2 Å². The Labute approximate surface area is 119 Å². The molecular weight excluding hydrogens is 262 g/mol. The number of alkyl halides is 1. The lowest BCUT2D eigenvalue weighted by molar-refractivity contribution is 0.613. The summed E-state index contributed by atoms with van der Waals surface area (Å²) >= 11 is 6.39. The molecule has 0 radical (unpaired) electrons. The van der Waals surface area contributed by atoms with Crippen molar-refractivity contribution >= 4 is 17.4 Å². The van der Waals surface area contributed by atoms with Crippen LogP contribution in [0.3, 0.4) is 0 Å². The van der Waals surface area contributed by atoms with E-state index in [1.54, 1.807) is 17.0 Å². The minimum Gasteiger partial charge on any atom is -0.361 e. The van der Waals surface area contributed by atoms with Crippen molar-refractivity contribution in [2.24, 2.45) is 0 Å². The number of nitrogens with one attached hydrogen (secondary N) is 1. The Balaban J connectivity index is 2.13. The maximum atomic E-state index is 12.2. The van der Waals surface area contributed by atoms with Gasteiger partial charge in [-0.25, -0.2) is 4.98 Å². The van der Waals surface area contributed by atoms with Crippen LogP contribution in [0.25, 0.3) is 0 Å². The predicted molar refractivity (Wildman–Crippen MR) is 78.9 cm³/mol. The smallest absolute Gasteiger partial charge is 0.293 e. The molecule has 2 rings (SSSR count). The normalized spacial score (nSPS) is 23.9. The van der Waals surface area contributed by atoms with Gasteiger partial charge in [0, 0.05) is 25.0 Å². The lowest BCUT2D eigenvalue weighted by Crippen LogP contribution is -2.34. The van der Waals surface area contributed by atoms with Crippen molar-refractivity contribution in [1.82, 2.24) is 9.55 Å². The maximum Gasteiger partial charge on any atom is 0.293 e. The SMILES string of the molecule is CCCn1ccnc(NC2CCCCCC2Cl)c1=O. The molecule has 1 fully saturated rings. The predicted octanol–water partition coefficient (Wildman–Crippen LogP) is 3.01. The number of anilines is 1. The Morgan fingerprint density at radius 2 is 2.21 bits per heavy atom. The number of hydrogen-bond donors (Lipinski definition) is 1. The molecule has 106 valence electrons. The monoisotopic (exact) mass is 283 g/mol. The Morgan fingerprint density at radius 1 is 1.42 bits per heavy atom. The molecule has 5 heteroatoms. The molecule has 1 aromatic rings. The van der Waals surface area contributed by atoms with Crippen LogP contribution in [0.5, 0.6) is 0 Å². The molecule has 0 aliphatic heterocycles. The summed E-state index contributed by atoms with van der Waals surface area (Å²) in [6.45, 7) is 2.78. The van der Waals surface area contributed by atoms with Crippen LogP contribution in [0.1, 0.15) is 45.4 Å². The van der Waals surface area contributed by atoms with E-state index in [1.807, 2.05) is 0 Å². The lowest BCUT2D eigenvalue weighted by atomic mass is 10.1. The number of halogens is 1. The first-order valence-corrected chi connectivity index (χ1v) is 7.62. The molecule has 1 N–H and O–H groups in total. The second kappa shape index (κ2) is 6.94. The highest BCUT2D eigenvalue weighted by Crippen LogP contribution is 2.24. The molecule has 0 spiro atoms. The highest BCUT2D eigenvalue weighted by molar-refractivity contribution is 6.21. The molecule has 1 aliphatic rings. The summed E-state index contributed by atoms with van der Waals surface area (Å²) in [6.07, 6.45) is 9.94. The topological polar surface area (TPSA) is 46.9 Å². The van der Waals surface area contributed by atoms with E-state index in [1.165, 1.54) is 12.8 Å². The van der Waals surface area contributed by atoms with Crippen molar-refractivity contribution in [2.75, 3.05) is 5.32 Å². The number of aromatic nitrogens is 2. The zero-order valence-electron chi connectivity index (χ0n) is 11.4. The molecule has 2 unspecified atom stereocenters. The zero-order valence-corrected chi connectivity index (χ0v) is 12.2. The van der Waals surface area contributed by atoms with E-state index in [0.29, 0.717) is 5.82 Å². The molecule has 0 bridgehead atoms. The van der Waals surface area contributed by atoms with Crippen molar-refractivity contribution in [3.63, 3.8) is 0 Å². The van der Waals surface area contributed by atoms with Crippen LogP contribution in [-0.4, -0.2) is 21.0 Å². The van der Waals surface area contributed by atoms with Gasteiger partial charge in [-0.1, -0.05) is 26.2 Å². The van der Waals surface area contributed by atoms with Gasteiger partial charge in [-0.2, -0.15) is 0 Å². The third-order valence-electron chi connectivity index (χ3n) is 3.63. The molecule has 2 atom stereocenters. The van der Waals surface area contributed by atoms with E-state index in [4.69, 9.17) is 11.6 Å². The molecule has 19 heavy (non-hydrogen) atoms. The van der Waals surface area contributed by atoms with Gasteiger partial charge in [-0.3, -0.25) is 4.79 Å². The van der Waals surface area contributed by atoms with Gasteiger partial charge in [-0.05, 0) is 19.3 Å². The summed E-state index contributed by atoms with van der Waals surface area (Å²) in [5.74, 6) is 0.438. The van der Waals surface area contributed by atoms with E-state index >= 15 is 0 Å². The van der Waals surface area contributed by atoms with Crippen LogP contribution in [-0.2, 0) is 6.54 Å². The molecule has 1 aromatic heterocycles. The molecular formula is C14H22ClN3O. The molecule has 1 aliphatic carbocycles. The van der Waals surface area contributed by atoms with E-state index in [9.17, 15) is 4.79 Å². The number of rotatable bonds is 4. The third kappa shape index (κ3) is 3.72. The van der Waals surface area contributed by atoms with Gasteiger partial charge >= 0.3 is 0 Å². The second-order valence-electron chi connectivity index (χ2n) is 5.18. The van der Waals surface area contributed by atoms with Gasteiger partial charge < -0.3 is 9.88 Å². The Hall–Kier alpha value is -1.03. The average Bonchev–Trinajstić information content (AvgIpc) is 2.60. The number of hydrogen-bond acceptors (Lipinski definition) is 3. The molecule has 1 saturated carbocycles. The lowest BCUT2D eigenvalue weighted by Gasteiger charge is -2.21. The first kappa shape index (κ1) is 14.4. The Morgan fingerprint density at radius 3 is 3.00 bits per heavy atom.